The number of ether oxygens (including phenoxy) is 1. The van der Waals surface area contributed by atoms with Crippen LogP contribution in [0, 0.1) is 5.92 Å². The second-order valence-corrected chi connectivity index (χ2v) is 5.96. The van der Waals surface area contributed by atoms with Crippen LogP contribution in [0.2, 0.25) is 0 Å². The van der Waals surface area contributed by atoms with Gasteiger partial charge in [-0.05, 0) is 51.6 Å². The van der Waals surface area contributed by atoms with Gasteiger partial charge < -0.3 is 20.3 Å². The molecule has 1 saturated heterocycles. The van der Waals surface area contributed by atoms with Crippen LogP contribution in [0.1, 0.15) is 38.5 Å². The highest BCUT2D eigenvalue weighted by Gasteiger charge is 2.22. The number of methoxy groups -OCH3 is 1. The molecular weight excluding hydrogens is 282 g/mol. The molecule has 6 heteroatoms. The number of carbonyl (C=O) groups excluding carboxylic acids is 2. The highest BCUT2D eigenvalue weighted by atomic mass is 16.5. The molecule has 1 aliphatic rings. The van der Waals surface area contributed by atoms with Crippen molar-refractivity contribution < 1.29 is 14.3 Å². The van der Waals surface area contributed by atoms with Gasteiger partial charge in [-0.2, -0.15) is 0 Å². The van der Waals surface area contributed by atoms with E-state index in [4.69, 9.17) is 4.74 Å². The zero-order valence-corrected chi connectivity index (χ0v) is 14.0. The van der Waals surface area contributed by atoms with Crippen LogP contribution in [-0.4, -0.2) is 63.7 Å². The van der Waals surface area contributed by atoms with Crippen LogP contribution < -0.4 is 10.6 Å². The smallest absolute Gasteiger partial charge is 0.248 e. The Labute approximate surface area is 134 Å². The van der Waals surface area contributed by atoms with Crippen molar-refractivity contribution in [1.82, 2.24) is 15.5 Å². The fraction of sp³-hybridized carbons (Fsp3) is 0.875. The molecule has 0 aromatic heterocycles. The van der Waals surface area contributed by atoms with Crippen LogP contribution in [0.4, 0.5) is 0 Å². The summed E-state index contributed by atoms with van der Waals surface area (Å²) in [7, 11) is 3.47. The summed E-state index contributed by atoms with van der Waals surface area (Å²) < 4.78 is 4.88. The average Bonchev–Trinajstić information content (AvgIpc) is 2.52. The molecule has 0 radical (unpaired) electrons. The number of nitrogens with zero attached hydrogens (tertiary/aromatic N) is 1. The first-order valence-corrected chi connectivity index (χ1v) is 8.35. The Bertz CT molecular complexity index is 329. The highest BCUT2D eigenvalue weighted by Crippen LogP contribution is 2.20. The summed E-state index contributed by atoms with van der Waals surface area (Å²) in [5, 5.41) is 6.08. The molecule has 0 saturated carbocycles. The Hall–Kier alpha value is -1.14. The van der Waals surface area contributed by atoms with Crippen molar-refractivity contribution in [1.29, 1.82) is 0 Å². The summed E-state index contributed by atoms with van der Waals surface area (Å²) in [6.07, 6.45) is 5.64. The molecular formula is C16H31N3O3. The van der Waals surface area contributed by atoms with Crippen LogP contribution in [0.5, 0.6) is 0 Å². The lowest BCUT2D eigenvalue weighted by atomic mass is 9.93. The summed E-state index contributed by atoms with van der Waals surface area (Å²) in [5.74, 6) is 0.843. The van der Waals surface area contributed by atoms with E-state index < -0.39 is 0 Å². The number of likely N-dealkylation sites (tertiary alicyclic amines) is 1. The van der Waals surface area contributed by atoms with E-state index >= 15 is 0 Å². The van der Waals surface area contributed by atoms with Crippen molar-refractivity contribution >= 4 is 11.8 Å². The summed E-state index contributed by atoms with van der Waals surface area (Å²) in [5.41, 5.74) is 0. The first-order chi connectivity index (χ1) is 10.7. The van der Waals surface area contributed by atoms with Gasteiger partial charge in [-0.1, -0.05) is 0 Å². The third kappa shape index (κ3) is 7.75. The minimum atomic E-state index is 0.0795. The lowest BCUT2D eigenvalue weighted by molar-refractivity contribution is -0.136. The van der Waals surface area contributed by atoms with Crippen molar-refractivity contribution in [3.05, 3.63) is 0 Å². The number of piperidine rings is 1. The Morgan fingerprint density at radius 1 is 1.18 bits per heavy atom. The van der Waals surface area contributed by atoms with E-state index in [9.17, 15) is 9.59 Å². The number of unbranched alkanes of at least 4 members (excludes halogenated alkanes) is 1. The lowest BCUT2D eigenvalue weighted by Crippen LogP contribution is -2.40. The van der Waals surface area contributed by atoms with Crippen molar-refractivity contribution in [2.75, 3.05) is 46.9 Å². The van der Waals surface area contributed by atoms with Gasteiger partial charge in [-0.15, -0.1) is 0 Å². The molecule has 128 valence electrons. The molecule has 2 N–H and O–H groups in total. The second-order valence-electron chi connectivity index (χ2n) is 5.96. The van der Waals surface area contributed by atoms with Gasteiger partial charge in [0.05, 0.1) is 0 Å². The topological polar surface area (TPSA) is 70.7 Å². The lowest BCUT2D eigenvalue weighted by Gasteiger charge is -2.32. The van der Waals surface area contributed by atoms with Crippen molar-refractivity contribution in [3.63, 3.8) is 0 Å². The molecule has 0 bridgehead atoms. The molecule has 0 aromatic rings. The average molecular weight is 313 g/mol. The predicted molar refractivity (Wildman–Crippen MR) is 86.6 cm³/mol. The number of rotatable bonds is 10. The van der Waals surface area contributed by atoms with E-state index in [1.54, 1.807) is 7.11 Å². The molecule has 22 heavy (non-hydrogen) atoms. The SMILES string of the molecule is CNCCCCC(=O)NCCC1CCN(C(=O)COC)CC1. The summed E-state index contributed by atoms with van der Waals surface area (Å²) >= 11 is 0. The van der Waals surface area contributed by atoms with E-state index in [1.165, 1.54) is 0 Å². The van der Waals surface area contributed by atoms with Gasteiger partial charge in [0.25, 0.3) is 0 Å². The maximum Gasteiger partial charge on any atom is 0.248 e. The number of hydrogen-bond acceptors (Lipinski definition) is 4. The molecule has 0 spiro atoms. The van der Waals surface area contributed by atoms with Gasteiger partial charge in [-0.3, -0.25) is 9.59 Å². The van der Waals surface area contributed by atoms with Crippen molar-refractivity contribution in [2.45, 2.75) is 38.5 Å². The van der Waals surface area contributed by atoms with Gasteiger partial charge in [-0.25, -0.2) is 0 Å². The quantitative estimate of drug-likeness (QED) is 0.584. The summed E-state index contributed by atoms with van der Waals surface area (Å²) in [6.45, 7) is 3.51. The van der Waals surface area contributed by atoms with E-state index in [1.807, 2.05) is 11.9 Å². The van der Waals surface area contributed by atoms with E-state index in [0.717, 1.165) is 58.3 Å². The monoisotopic (exact) mass is 313 g/mol. The minimum absolute atomic E-state index is 0.0795. The van der Waals surface area contributed by atoms with E-state index in [2.05, 4.69) is 10.6 Å². The van der Waals surface area contributed by atoms with Crippen molar-refractivity contribution in [3.8, 4) is 0 Å². The standard InChI is InChI=1S/C16H31N3O3/c1-17-9-4-3-5-15(20)18-10-6-14-7-11-19(12-8-14)16(21)13-22-2/h14,17H,3-13H2,1-2H3,(H,18,20). The molecule has 1 aliphatic heterocycles. The van der Waals surface area contributed by atoms with Gasteiger partial charge in [0, 0.05) is 33.2 Å². The number of nitrogens with one attached hydrogen (secondary N) is 2. The predicted octanol–water partition coefficient (Wildman–Crippen LogP) is 0.767. The largest absolute Gasteiger partial charge is 0.375 e. The third-order valence-electron chi connectivity index (χ3n) is 4.19. The van der Waals surface area contributed by atoms with Crippen LogP contribution in [0.15, 0.2) is 0 Å². The Balaban J connectivity index is 2.05. The van der Waals surface area contributed by atoms with Crippen LogP contribution in [0.25, 0.3) is 0 Å². The second kappa shape index (κ2) is 11.4. The van der Waals surface area contributed by atoms with Gasteiger partial charge >= 0.3 is 0 Å². The maximum atomic E-state index is 11.7. The molecule has 1 fully saturated rings. The van der Waals surface area contributed by atoms with Gasteiger partial charge in [0.15, 0.2) is 0 Å². The molecule has 0 aliphatic carbocycles. The molecule has 1 heterocycles. The summed E-state index contributed by atoms with van der Waals surface area (Å²) in [4.78, 5) is 25.2. The van der Waals surface area contributed by atoms with Crippen LogP contribution in [0.3, 0.4) is 0 Å². The highest BCUT2D eigenvalue weighted by molar-refractivity contribution is 5.77. The third-order valence-corrected chi connectivity index (χ3v) is 4.19. The molecule has 0 aromatic carbocycles. The zero-order chi connectivity index (χ0) is 16.2. The molecule has 2 amide bonds. The molecule has 6 nitrogen and oxygen atoms in total. The normalized spacial score (nSPS) is 15.8. The first kappa shape index (κ1) is 18.9. The molecule has 0 atom stereocenters. The van der Waals surface area contributed by atoms with Crippen LogP contribution >= 0.6 is 0 Å². The Kier molecular flexibility index (Phi) is 9.82. The zero-order valence-electron chi connectivity index (χ0n) is 14.0. The molecule has 1 rings (SSSR count). The maximum absolute atomic E-state index is 11.7. The molecule has 0 unspecified atom stereocenters. The number of hydrogen-bond donors (Lipinski definition) is 2. The number of amides is 2. The fourth-order valence-corrected chi connectivity index (χ4v) is 2.78. The van der Waals surface area contributed by atoms with Gasteiger partial charge in [0.2, 0.25) is 11.8 Å². The van der Waals surface area contributed by atoms with Crippen LogP contribution in [-0.2, 0) is 14.3 Å². The Morgan fingerprint density at radius 3 is 2.55 bits per heavy atom. The van der Waals surface area contributed by atoms with Gasteiger partial charge in [0.1, 0.15) is 6.61 Å². The number of carbonyl (C=O) groups is 2. The minimum Gasteiger partial charge on any atom is -0.375 e. The summed E-state index contributed by atoms with van der Waals surface area (Å²) in [6, 6.07) is 0. The first-order valence-electron chi connectivity index (χ1n) is 8.35. The van der Waals surface area contributed by atoms with E-state index in [0.29, 0.717) is 12.3 Å². The van der Waals surface area contributed by atoms with Crippen molar-refractivity contribution in [2.24, 2.45) is 5.92 Å². The Morgan fingerprint density at radius 2 is 1.91 bits per heavy atom. The van der Waals surface area contributed by atoms with E-state index in [-0.39, 0.29) is 18.4 Å². The fourth-order valence-electron chi connectivity index (χ4n) is 2.78.